The third-order valence-electron chi connectivity index (χ3n) is 2.20. The fourth-order valence-electron chi connectivity index (χ4n) is 1.36. The van der Waals surface area contributed by atoms with Crippen LogP contribution >= 0.6 is 0 Å². The lowest BCUT2D eigenvalue weighted by atomic mass is 10.0. The van der Waals surface area contributed by atoms with Crippen LogP contribution in [0.4, 0.5) is 0 Å². The van der Waals surface area contributed by atoms with Crippen molar-refractivity contribution in [3.63, 3.8) is 0 Å². The molecule has 6 heteroatoms. The molecular formula is C7H15NO5. The maximum atomic E-state index is 9.37. The van der Waals surface area contributed by atoms with Gasteiger partial charge in [-0.3, -0.25) is 0 Å². The Morgan fingerprint density at radius 1 is 1.54 bits per heavy atom. The number of ether oxygens (including phenoxy) is 1. The Kier molecular flexibility index (Phi) is 2.91. The molecule has 0 aromatic rings. The van der Waals surface area contributed by atoms with Crippen LogP contribution in [0.1, 0.15) is 6.92 Å². The van der Waals surface area contributed by atoms with Gasteiger partial charge in [-0.2, -0.15) is 0 Å². The van der Waals surface area contributed by atoms with Crippen LogP contribution in [-0.4, -0.2) is 57.2 Å². The minimum atomic E-state index is -1.39. The van der Waals surface area contributed by atoms with Gasteiger partial charge in [-0.05, 0) is 6.92 Å². The van der Waals surface area contributed by atoms with Crippen molar-refractivity contribution < 1.29 is 25.2 Å². The largest absolute Gasteiger partial charge is 0.394 e. The normalized spacial score (nSPS) is 48.0. The number of aliphatic hydroxyl groups excluding tert-OH is 4. The van der Waals surface area contributed by atoms with E-state index < -0.39 is 36.7 Å². The molecule has 1 aliphatic rings. The van der Waals surface area contributed by atoms with Gasteiger partial charge in [0.1, 0.15) is 30.1 Å². The number of nitrogens with two attached hydrogens (primary N) is 1. The van der Waals surface area contributed by atoms with Gasteiger partial charge in [0, 0.05) is 0 Å². The van der Waals surface area contributed by atoms with Gasteiger partial charge in [0.05, 0.1) is 6.61 Å². The van der Waals surface area contributed by atoms with Crippen LogP contribution in [0.5, 0.6) is 0 Å². The summed E-state index contributed by atoms with van der Waals surface area (Å²) >= 11 is 0. The summed E-state index contributed by atoms with van der Waals surface area (Å²) in [6, 6.07) is 0. The van der Waals surface area contributed by atoms with Crippen molar-refractivity contribution >= 4 is 0 Å². The summed E-state index contributed by atoms with van der Waals surface area (Å²) in [5.41, 5.74) is 4.08. The summed E-state index contributed by atoms with van der Waals surface area (Å²) in [5, 5.41) is 36.5. The molecule has 1 saturated heterocycles. The SMILES string of the molecule is CC1(N)O[C@H]([C@@H](O)CO)[C@H](O)[C@@H]1O. The zero-order chi connectivity index (χ0) is 10.2. The lowest BCUT2D eigenvalue weighted by Gasteiger charge is -2.22. The van der Waals surface area contributed by atoms with Crippen molar-refractivity contribution in [2.24, 2.45) is 5.73 Å². The van der Waals surface area contributed by atoms with Crippen LogP contribution < -0.4 is 5.73 Å². The summed E-state index contributed by atoms with van der Waals surface area (Å²) in [6.45, 7) is 0.843. The molecule has 1 aliphatic heterocycles. The first-order chi connectivity index (χ1) is 5.90. The highest BCUT2D eigenvalue weighted by Crippen LogP contribution is 2.28. The summed E-state index contributed by atoms with van der Waals surface area (Å²) in [6.07, 6.45) is -4.83. The highest BCUT2D eigenvalue weighted by atomic mass is 16.6. The molecule has 0 aliphatic carbocycles. The number of hydrogen-bond acceptors (Lipinski definition) is 6. The van der Waals surface area contributed by atoms with E-state index in [1.807, 2.05) is 0 Å². The molecule has 13 heavy (non-hydrogen) atoms. The van der Waals surface area contributed by atoms with Crippen LogP contribution in [0.3, 0.4) is 0 Å². The fourth-order valence-corrected chi connectivity index (χ4v) is 1.36. The molecule has 0 spiro atoms. The molecule has 0 bridgehead atoms. The molecule has 0 radical (unpaired) electrons. The second-order valence-corrected chi connectivity index (χ2v) is 3.45. The summed E-state index contributed by atoms with van der Waals surface area (Å²) < 4.78 is 4.99. The molecule has 0 aromatic heterocycles. The van der Waals surface area contributed by atoms with Gasteiger partial charge in [0.2, 0.25) is 0 Å². The molecule has 1 fully saturated rings. The Morgan fingerprint density at radius 3 is 2.38 bits per heavy atom. The van der Waals surface area contributed by atoms with E-state index in [-0.39, 0.29) is 0 Å². The minimum absolute atomic E-state index is 0.551. The average molecular weight is 193 g/mol. The van der Waals surface area contributed by atoms with Crippen molar-refractivity contribution in [2.45, 2.75) is 37.1 Å². The van der Waals surface area contributed by atoms with E-state index in [9.17, 15) is 15.3 Å². The highest BCUT2D eigenvalue weighted by Gasteiger charge is 2.51. The second-order valence-electron chi connectivity index (χ2n) is 3.45. The first-order valence-corrected chi connectivity index (χ1v) is 4.02. The lowest BCUT2D eigenvalue weighted by Crippen LogP contribution is -2.48. The lowest BCUT2D eigenvalue weighted by molar-refractivity contribution is -0.111. The highest BCUT2D eigenvalue weighted by molar-refractivity contribution is 4.98. The van der Waals surface area contributed by atoms with Crippen molar-refractivity contribution in [3.8, 4) is 0 Å². The van der Waals surface area contributed by atoms with Gasteiger partial charge in [-0.1, -0.05) is 0 Å². The first kappa shape index (κ1) is 10.8. The molecule has 0 aromatic carbocycles. The van der Waals surface area contributed by atoms with Gasteiger partial charge in [-0.25, -0.2) is 0 Å². The molecular weight excluding hydrogens is 178 g/mol. The van der Waals surface area contributed by atoms with Crippen molar-refractivity contribution in [1.29, 1.82) is 0 Å². The summed E-state index contributed by atoms with van der Waals surface area (Å²) in [5.74, 6) is 0. The van der Waals surface area contributed by atoms with E-state index in [4.69, 9.17) is 15.6 Å². The predicted molar refractivity (Wildman–Crippen MR) is 42.6 cm³/mol. The standard InChI is InChI=1S/C7H15NO5/c1-7(8)6(12)4(11)5(13-7)3(10)2-9/h3-6,9-12H,2,8H2,1H3/t3-,4-,5+,6-,7?/m0/s1. The van der Waals surface area contributed by atoms with E-state index >= 15 is 0 Å². The van der Waals surface area contributed by atoms with Gasteiger partial charge in [0.25, 0.3) is 0 Å². The quantitative estimate of drug-likeness (QED) is 0.322. The Hall–Kier alpha value is -0.240. The van der Waals surface area contributed by atoms with Crippen LogP contribution in [0.25, 0.3) is 0 Å². The van der Waals surface area contributed by atoms with E-state index in [1.54, 1.807) is 0 Å². The average Bonchev–Trinajstić information content (AvgIpc) is 2.28. The molecule has 1 heterocycles. The van der Waals surface area contributed by atoms with Crippen molar-refractivity contribution in [2.75, 3.05) is 6.61 Å². The Bertz CT molecular complexity index is 186. The van der Waals surface area contributed by atoms with Crippen LogP contribution in [0.2, 0.25) is 0 Å². The summed E-state index contributed by atoms with van der Waals surface area (Å²) in [4.78, 5) is 0. The van der Waals surface area contributed by atoms with Gasteiger partial charge in [0.15, 0.2) is 0 Å². The summed E-state index contributed by atoms with van der Waals surface area (Å²) in [7, 11) is 0. The maximum absolute atomic E-state index is 9.37. The molecule has 1 rings (SSSR count). The maximum Gasteiger partial charge on any atom is 0.143 e. The van der Waals surface area contributed by atoms with E-state index in [1.165, 1.54) is 6.92 Å². The van der Waals surface area contributed by atoms with Crippen LogP contribution in [0, 0.1) is 0 Å². The molecule has 6 nitrogen and oxygen atoms in total. The Labute approximate surface area is 75.6 Å². The van der Waals surface area contributed by atoms with Crippen LogP contribution in [-0.2, 0) is 4.74 Å². The zero-order valence-corrected chi connectivity index (χ0v) is 7.29. The zero-order valence-electron chi connectivity index (χ0n) is 7.29. The Balaban J connectivity index is 2.72. The van der Waals surface area contributed by atoms with Gasteiger partial charge in [-0.15, -0.1) is 0 Å². The molecule has 5 atom stereocenters. The molecule has 0 amide bonds. The van der Waals surface area contributed by atoms with Crippen molar-refractivity contribution in [1.82, 2.24) is 0 Å². The number of aliphatic hydroxyl groups is 4. The van der Waals surface area contributed by atoms with E-state index in [0.717, 1.165) is 0 Å². The monoisotopic (exact) mass is 193 g/mol. The smallest absolute Gasteiger partial charge is 0.143 e. The minimum Gasteiger partial charge on any atom is -0.394 e. The third-order valence-corrected chi connectivity index (χ3v) is 2.20. The molecule has 0 saturated carbocycles. The van der Waals surface area contributed by atoms with Gasteiger partial charge < -0.3 is 30.9 Å². The van der Waals surface area contributed by atoms with Crippen LogP contribution in [0.15, 0.2) is 0 Å². The van der Waals surface area contributed by atoms with Crippen molar-refractivity contribution in [3.05, 3.63) is 0 Å². The second kappa shape index (κ2) is 3.49. The number of rotatable bonds is 2. The Morgan fingerprint density at radius 2 is 2.08 bits per heavy atom. The topological polar surface area (TPSA) is 116 Å². The molecule has 1 unspecified atom stereocenters. The fraction of sp³-hybridized carbons (Fsp3) is 1.00. The molecule has 78 valence electrons. The van der Waals surface area contributed by atoms with E-state index in [2.05, 4.69) is 0 Å². The first-order valence-electron chi connectivity index (χ1n) is 4.02. The van der Waals surface area contributed by atoms with Gasteiger partial charge >= 0.3 is 0 Å². The predicted octanol–water partition coefficient (Wildman–Crippen LogP) is -2.86. The van der Waals surface area contributed by atoms with E-state index in [0.29, 0.717) is 0 Å². The third kappa shape index (κ3) is 1.83. The molecule has 6 N–H and O–H groups in total. The number of hydrogen-bond donors (Lipinski definition) is 5.